The van der Waals surface area contributed by atoms with Gasteiger partial charge in [0.1, 0.15) is 17.1 Å². The topological polar surface area (TPSA) is 49.7 Å². The van der Waals surface area contributed by atoms with Crippen molar-refractivity contribution < 1.29 is 14.9 Å². The predicted octanol–water partition coefficient (Wildman–Crippen LogP) is 4.84. The van der Waals surface area contributed by atoms with Gasteiger partial charge in [-0.05, 0) is 74.3 Å². The maximum Gasteiger partial charge on any atom is 0.132 e. The highest BCUT2D eigenvalue weighted by Crippen LogP contribution is 2.51. The molecule has 0 bridgehead atoms. The Bertz CT molecular complexity index is 657. The van der Waals surface area contributed by atoms with Crippen molar-refractivity contribution in [2.45, 2.75) is 77.9 Å². The second kappa shape index (κ2) is 6.44. The molecule has 2 unspecified atom stereocenters. The van der Waals surface area contributed by atoms with Crippen LogP contribution in [0.4, 0.5) is 0 Å². The molecule has 1 aromatic carbocycles. The van der Waals surface area contributed by atoms with Gasteiger partial charge in [-0.25, -0.2) is 0 Å². The first kappa shape index (κ1) is 17.3. The number of hydrogen-bond donors (Lipinski definition) is 2. The van der Waals surface area contributed by atoms with E-state index in [0.717, 1.165) is 48.1 Å². The van der Waals surface area contributed by atoms with Gasteiger partial charge in [0.15, 0.2) is 0 Å². The molecular weight excluding hydrogens is 300 g/mol. The summed E-state index contributed by atoms with van der Waals surface area (Å²) >= 11 is 0. The fraction of sp³-hybridized carbons (Fsp3) is 0.619. The highest BCUT2D eigenvalue weighted by Gasteiger charge is 2.42. The van der Waals surface area contributed by atoms with Crippen LogP contribution in [0.25, 0.3) is 5.57 Å². The summed E-state index contributed by atoms with van der Waals surface area (Å²) in [5.74, 6) is 1.17. The monoisotopic (exact) mass is 330 g/mol. The van der Waals surface area contributed by atoms with Crippen molar-refractivity contribution in [1.29, 1.82) is 0 Å². The fourth-order valence-electron chi connectivity index (χ4n) is 4.12. The number of ether oxygens (including phenoxy) is 1. The van der Waals surface area contributed by atoms with Gasteiger partial charge in [0.25, 0.3) is 0 Å². The van der Waals surface area contributed by atoms with Gasteiger partial charge in [-0.15, -0.1) is 0 Å². The van der Waals surface area contributed by atoms with Crippen molar-refractivity contribution in [1.82, 2.24) is 0 Å². The second-order valence-corrected chi connectivity index (χ2v) is 7.91. The van der Waals surface area contributed by atoms with E-state index >= 15 is 0 Å². The summed E-state index contributed by atoms with van der Waals surface area (Å²) in [5, 5.41) is 21.5. The first-order valence-electron chi connectivity index (χ1n) is 9.32. The average Bonchev–Trinajstić information content (AvgIpc) is 2.50. The molecule has 1 aliphatic carbocycles. The van der Waals surface area contributed by atoms with Crippen molar-refractivity contribution in [2.24, 2.45) is 5.92 Å². The molecule has 3 nitrogen and oxygen atoms in total. The van der Waals surface area contributed by atoms with Crippen LogP contribution in [0, 0.1) is 5.92 Å². The molecule has 2 aliphatic rings. The van der Waals surface area contributed by atoms with Gasteiger partial charge in [-0.2, -0.15) is 0 Å². The number of aryl methyl sites for hydroxylation is 1. The highest BCUT2D eigenvalue weighted by molar-refractivity contribution is 5.83. The number of hydrogen-bond acceptors (Lipinski definition) is 3. The van der Waals surface area contributed by atoms with Crippen molar-refractivity contribution in [3.63, 3.8) is 0 Å². The lowest BCUT2D eigenvalue weighted by Gasteiger charge is -2.43. The zero-order valence-electron chi connectivity index (χ0n) is 15.4. The molecule has 24 heavy (non-hydrogen) atoms. The summed E-state index contributed by atoms with van der Waals surface area (Å²) in [5.41, 5.74) is 3.42. The Balaban J connectivity index is 2.06. The minimum Gasteiger partial charge on any atom is -0.507 e. The van der Waals surface area contributed by atoms with Crippen LogP contribution in [0.3, 0.4) is 0 Å². The van der Waals surface area contributed by atoms with Crippen LogP contribution in [0.1, 0.15) is 70.9 Å². The lowest BCUT2D eigenvalue weighted by molar-refractivity contribution is 0.109. The Morgan fingerprint density at radius 3 is 2.71 bits per heavy atom. The second-order valence-electron chi connectivity index (χ2n) is 7.91. The molecule has 0 aromatic heterocycles. The minimum absolute atomic E-state index is 0.203. The molecule has 0 fully saturated rings. The van der Waals surface area contributed by atoms with E-state index < -0.39 is 11.7 Å². The number of phenols is 1. The summed E-state index contributed by atoms with van der Waals surface area (Å²) in [4.78, 5) is 0. The number of unbranched alkanes of at least 4 members (excludes halogenated alkanes) is 2. The SMILES string of the molecule is CCCCCc1cc(O)c2c(c1)OC(C)(C)C1=C2C(O)C(C)CC1. The first-order valence-corrected chi connectivity index (χ1v) is 9.32. The molecule has 3 heteroatoms. The Hall–Kier alpha value is -1.48. The summed E-state index contributed by atoms with van der Waals surface area (Å²) < 4.78 is 6.27. The van der Waals surface area contributed by atoms with Crippen LogP contribution < -0.4 is 4.74 Å². The minimum atomic E-state index is -0.535. The first-order chi connectivity index (χ1) is 11.3. The molecule has 0 spiro atoms. The normalized spacial score (nSPS) is 25.0. The molecule has 2 N–H and O–H groups in total. The Kier molecular flexibility index (Phi) is 4.65. The van der Waals surface area contributed by atoms with Gasteiger partial charge >= 0.3 is 0 Å². The average molecular weight is 330 g/mol. The van der Waals surface area contributed by atoms with E-state index in [1.54, 1.807) is 0 Å². The summed E-state index contributed by atoms with van der Waals surface area (Å²) in [6.45, 7) is 8.39. The number of phenolic OH excluding ortho intramolecular Hbond substituents is 1. The van der Waals surface area contributed by atoms with Gasteiger partial charge < -0.3 is 14.9 Å². The summed E-state index contributed by atoms with van der Waals surface area (Å²) in [7, 11) is 0. The third kappa shape index (κ3) is 2.95. The smallest absolute Gasteiger partial charge is 0.132 e. The number of fused-ring (bicyclic) bond motifs is 2. The molecule has 1 aromatic rings. The quantitative estimate of drug-likeness (QED) is 0.777. The van der Waals surface area contributed by atoms with Gasteiger partial charge in [0, 0.05) is 0 Å². The maximum atomic E-state index is 10.8. The van der Waals surface area contributed by atoms with Gasteiger partial charge in [0.05, 0.1) is 11.7 Å². The third-order valence-electron chi connectivity index (χ3n) is 5.58. The van der Waals surface area contributed by atoms with E-state index in [1.807, 2.05) is 6.07 Å². The molecule has 0 radical (unpaired) electrons. The van der Waals surface area contributed by atoms with Gasteiger partial charge in [0.2, 0.25) is 0 Å². The van der Waals surface area contributed by atoms with Crippen LogP contribution >= 0.6 is 0 Å². The maximum absolute atomic E-state index is 10.8. The van der Waals surface area contributed by atoms with Gasteiger partial charge in [-0.1, -0.05) is 26.7 Å². The molecule has 2 atom stereocenters. The van der Waals surface area contributed by atoms with Crippen LogP contribution in [0.2, 0.25) is 0 Å². The van der Waals surface area contributed by atoms with Crippen molar-refractivity contribution in [3.8, 4) is 11.5 Å². The third-order valence-corrected chi connectivity index (χ3v) is 5.58. The molecule has 1 heterocycles. The Morgan fingerprint density at radius 2 is 2.00 bits per heavy atom. The predicted molar refractivity (Wildman–Crippen MR) is 97.4 cm³/mol. The number of aliphatic hydroxyl groups excluding tert-OH is 1. The summed E-state index contributed by atoms with van der Waals surface area (Å²) in [6.07, 6.45) is 5.77. The summed E-state index contributed by atoms with van der Waals surface area (Å²) in [6, 6.07) is 3.91. The van der Waals surface area contributed by atoms with Crippen LogP contribution in [-0.2, 0) is 6.42 Å². The molecular formula is C21H30O3. The van der Waals surface area contributed by atoms with E-state index in [1.165, 1.54) is 12.8 Å². The van der Waals surface area contributed by atoms with Crippen molar-refractivity contribution in [2.75, 3.05) is 0 Å². The molecule has 1 aliphatic heterocycles. The van der Waals surface area contributed by atoms with E-state index in [4.69, 9.17) is 4.74 Å². The molecule has 132 valence electrons. The number of aliphatic hydroxyl groups is 1. The van der Waals surface area contributed by atoms with Crippen LogP contribution in [0.5, 0.6) is 11.5 Å². The van der Waals surface area contributed by atoms with E-state index in [9.17, 15) is 10.2 Å². The fourth-order valence-corrected chi connectivity index (χ4v) is 4.12. The highest BCUT2D eigenvalue weighted by atomic mass is 16.5. The number of aromatic hydroxyl groups is 1. The lowest BCUT2D eigenvalue weighted by atomic mass is 9.72. The molecule has 0 saturated carbocycles. The molecule has 3 rings (SSSR count). The van der Waals surface area contributed by atoms with E-state index in [0.29, 0.717) is 5.56 Å². The zero-order chi connectivity index (χ0) is 17.5. The number of rotatable bonds is 4. The lowest BCUT2D eigenvalue weighted by Crippen LogP contribution is -2.40. The largest absolute Gasteiger partial charge is 0.507 e. The zero-order valence-corrected chi connectivity index (χ0v) is 15.4. The molecule has 0 amide bonds. The van der Waals surface area contributed by atoms with Crippen LogP contribution in [0.15, 0.2) is 17.7 Å². The Labute approximate surface area is 145 Å². The van der Waals surface area contributed by atoms with Crippen LogP contribution in [-0.4, -0.2) is 21.9 Å². The Morgan fingerprint density at radius 1 is 1.25 bits per heavy atom. The van der Waals surface area contributed by atoms with E-state index in [2.05, 4.69) is 33.8 Å². The number of benzene rings is 1. The standard InChI is InChI=1S/C21H30O3/c1-5-6-7-8-14-11-16(22)19-17(12-14)24-21(3,4)15-10-9-13(2)20(23)18(15)19/h11-13,20,22-23H,5-10H2,1-4H3. The van der Waals surface area contributed by atoms with Crippen molar-refractivity contribution in [3.05, 3.63) is 28.8 Å². The van der Waals surface area contributed by atoms with E-state index in [-0.39, 0.29) is 11.7 Å². The molecule has 0 saturated heterocycles. The van der Waals surface area contributed by atoms with Crippen molar-refractivity contribution >= 4 is 5.57 Å². The van der Waals surface area contributed by atoms with Gasteiger partial charge in [-0.3, -0.25) is 0 Å².